The third kappa shape index (κ3) is 12.8. The number of phenols is 2. The number of nitrogens with zero attached hydrogens (tertiary/aromatic N) is 1. The number of ether oxygens (including phenoxy) is 8. The molecule has 13 N–H and O–H groups in total. The highest BCUT2D eigenvalue weighted by molar-refractivity contribution is 6.31. The molecule has 0 bridgehead atoms. The maximum absolute atomic E-state index is 14.4. The highest BCUT2D eigenvalue weighted by Gasteiger charge is 2.56. The number of aromatic hydroxyl groups is 2. The summed E-state index contributed by atoms with van der Waals surface area (Å²) < 4.78 is 54.2. The van der Waals surface area contributed by atoms with Crippen LogP contribution in [0.5, 0.6) is 17.2 Å². The monoisotopic (exact) mass is 1190 g/mol. The second-order valence-electron chi connectivity index (χ2n) is 21.2. The molecule has 8 rings (SSSR count). The fourth-order valence-electron chi connectivity index (χ4n) is 11.2. The summed E-state index contributed by atoms with van der Waals surface area (Å²) in [5.41, 5.74) is -4.64. The highest BCUT2D eigenvalue weighted by atomic mass is 16.7. The van der Waals surface area contributed by atoms with E-state index >= 15 is 0 Å². The average Bonchev–Trinajstić information content (AvgIpc) is 1.24. The van der Waals surface area contributed by atoms with Crippen molar-refractivity contribution >= 4 is 53.0 Å². The third-order valence-electron chi connectivity index (χ3n) is 15.3. The number of aliphatic hydroxyl groups excluding tert-OH is 3. The number of aliphatic hydroxyl groups is 4. The number of hydrogen-bond acceptors (Lipinski definition) is 24. The van der Waals surface area contributed by atoms with Gasteiger partial charge in [-0.3, -0.25) is 43.3 Å². The lowest BCUT2D eigenvalue weighted by Crippen LogP contribution is -2.62. The average molecular weight is 1190 g/mol. The van der Waals surface area contributed by atoms with Crippen molar-refractivity contribution in [3.8, 4) is 17.2 Å². The minimum atomic E-state index is -2.55. The van der Waals surface area contributed by atoms with Crippen molar-refractivity contribution < 1.29 is 123 Å². The van der Waals surface area contributed by atoms with Gasteiger partial charge in [-0.25, -0.2) is 4.79 Å². The van der Waals surface area contributed by atoms with Crippen LogP contribution in [0.4, 0.5) is 0 Å². The van der Waals surface area contributed by atoms with E-state index in [2.05, 4.69) is 26.6 Å². The largest absolute Gasteiger partial charge is 0.507 e. The van der Waals surface area contributed by atoms with Gasteiger partial charge in [0.15, 0.2) is 37.0 Å². The molecule has 2 aromatic rings. The zero-order valence-electron chi connectivity index (χ0n) is 47.0. The first-order chi connectivity index (χ1) is 40.2. The summed E-state index contributed by atoms with van der Waals surface area (Å²) in [4.78, 5) is 121. The Kier molecular flexibility index (Phi) is 19.1. The lowest BCUT2D eigenvalue weighted by atomic mass is 9.72. The minimum Gasteiger partial charge on any atom is -0.507 e. The summed E-state index contributed by atoms with van der Waals surface area (Å²) in [6, 6.07) is 0.555. The molecule has 31 heteroatoms. The van der Waals surface area contributed by atoms with Crippen molar-refractivity contribution in [1.82, 2.24) is 31.5 Å². The van der Waals surface area contributed by atoms with Crippen LogP contribution >= 0.6 is 0 Å². The fourth-order valence-corrected chi connectivity index (χ4v) is 11.2. The first-order valence-electron chi connectivity index (χ1n) is 27.4. The smallest absolute Gasteiger partial charge is 0.335 e. The number of ketones is 2. The lowest BCUT2D eigenvalue weighted by molar-refractivity contribution is -0.294. The van der Waals surface area contributed by atoms with Gasteiger partial charge < -0.3 is 105 Å². The Bertz CT molecular complexity index is 2950. The zero-order chi connectivity index (χ0) is 62.1. The molecule has 0 aromatic heterocycles. The Morgan fingerprint density at radius 3 is 2.25 bits per heavy atom. The molecule has 460 valence electrons. The predicted molar refractivity (Wildman–Crippen MR) is 276 cm³/mol. The van der Waals surface area contributed by atoms with E-state index in [1.165, 1.54) is 46.3 Å². The molecule has 6 aliphatic rings. The van der Waals surface area contributed by atoms with Gasteiger partial charge in [-0.2, -0.15) is 0 Å². The predicted octanol–water partition coefficient (Wildman–Crippen LogP) is -4.10. The number of benzene rings is 2. The van der Waals surface area contributed by atoms with E-state index in [1.54, 1.807) is 6.92 Å². The van der Waals surface area contributed by atoms with Crippen LogP contribution in [0, 0.1) is 5.92 Å². The Morgan fingerprint density at radius 2 is 1.57 bits per heavy atom. The third-order valence-corrected chi connectivity index (χ3v) is 15.3. The summed E-state index contributed by atoms with van der Waals surface area (Å²) >= 11 is 0. The lowest BCUT2D eigenvalue weighted by Gasteiger charge is -2.43. The standard InChI is InChI=1S/C53H68N6O25/c1-20(2)36(58-29(61)18-56-28(60)9-10-30(62)63)47(72)57-24(19-80-50-43(70)41(68)42(69)45(84-50)49(73)74)46(71)54-11-12-55-52(75)53(76)16-23-33(40(67)35-34(38(23)65)37(64)22-7-6-8-26(77-4)32(22)39(35)66)27(17-53)82-31-15-25-44(21(3)81-31)83-48-51(78-5)79-14-13-59(25)48/h6-8,20-21,24-25,27,31,36,41-45,48,50-51,65,67-70,76H,9-19H2,1-5H3,(H,54,71)(H,55,75)(H,56,60)(H,57,72)(H,58,61)(H,62,63)(H,73,74)/t21-,24-,25-,27-,31-,36-,41-,42-,43+,44+,45-,48+,50+,51-,53-/m0/s1/i9T/t9?,21-,24-,25-,27-,31-,36-,41-,42-,43+,44+,45-,48+,50+,51-,53-. The van der Waals surface area contributed by atoms with Crippen molar-refractivity contribution in [2.75, 3.05) is 53.6 Å². The number of carboxylic acid groups (broad SMARTS) is 2. The van der Waals surface area contributed by atoms with E-state index in [1.807, 2.05) is 4.90 Å². The number of fused-ring (bicyclic) bond motifs is 6. The Labute approximate surface area is 479 Å². The summed E-state index contributed by atoms with van der Waals surface area (Å²) in [7, 11) is 2.75. The fraction of sp³-hybridized carbons (Fsp3) is 0.604. The molecule has 4 fully saturated rings. The first kappa shape index (κ1) is 61.5. The number of aliphatic carboxylic acids is 2. The molecule has 0 spiro atoms. The SMILES string of the molecule is [3H]C(CC(=O)O)C(=O)NCC(=O)N[C@H](C(=O)N[C@@H](CO[C@@H]1O[C@H](C(=O)O)[C@@H](O)[C@H](O)[C@H]1O)C(=O)NCCNC(=O)[C@]1(O)Cc2c(O)c3c(c(O)c2[C@@H](O[C@H]2C[C@H]4[C@H](O[C@@H]5[C@@H](OC)OCCN54)[C@H](C)O2)C1)C(=O)c1c(OC)cccc1C3=O)C(C)C. The molecular formula is C53H68N6O25. The van der Waals surface area contributed by atoms with E-state index in [9.17, 15) is 78.9 Å². The van der Waals surface area contributed by atoms with Crippen LogP contribution in [0.25, 0.3) is 0 Å². The van der Waals surface area contributed by atoms with Crippen LogP contribution in [-0.2, 0) is 73.1 Å². The topological polar surface area (TPSA) is 453 Å². The van der Waals surface area contributed by atoms with Crippen LogP contribution < -0.4 is 31.3 Å². The zero-order valence-corrected chi connectivity index (χ0v) is 46.0. The van der Waals surface area contributed by atoms with Crippen molar-refractivity contribution in [3.05, 3.63) is 51.6 Å². The quantitative estimate of drug-likeness (QED) is 0.0336. The number of hydrogen-bond donors (Lipinski definition) is 13. The Morgan fingerprint density at radius 1 is 0.857 bits per heavy atom. The molecule has 0 saturated carbocycles. The summed E-state index contributed by atoms with van der Waals surface area (Å²) in [5.74, 6) is -12.7. The summed E-state index contributed by atoms with van der Waals surface area (Å²) in [6.07, 6.45) is -19.6. The van der Waals surface area contributed by atoms with E-state index in [4.69, 9.17) is 44.4 Å². The van der Waals surface area contributed by atoms with Crippen LogP contribution in [0.1, 0.15) is 96.9 Å². The van der Waals surface area contributed by atoms with Gasteiger partial charge in [0.2, 0.25) is 29.4 Å². The second kappa shape index (κ2) is 26.1. The van der Waals surface area contributed by atoms with Crippen LogP contribution in [0.2, 0.25) is 0 Å². The maximum Gasteiger partial charge on any atom is 0.335 e. The van der Waals surface area contributed by atoms with Gasteiger partial charge in [0, 0.05) is 76.5 Å². The van der Waals surface area contributed by atoms with E-state index < -0.39 is 219 Å². The summed E-state index contributed by atoms with van der Waals surface area (Å²) in [6.45, 7) is 2.72. The summed E-state index contributed by atoms with van der Waals surface area (Å²) in [5, 5.41) is 98.1. The first-order valence-corrected chi connectivity index (χ1v) is 26.8. The Balaban J connectivity index is 1.01. The van der Waals surface area contributed by atoms with Crippen LogP contribution in [0.3, 0.4) is 0 Å². The molecule has 2 aromatic carbocycles. The number of methoxy groups -OCH3 is 2. The number of rotatable bonds is 22. The number of carbonyl (C=O) groups is 9. The number of nitrogens with one attached hydrogen (secondary N) is 5. The molecule has 4 aliphatic heterocycles. The molecule has 5 amide bonds. The van der Waals surface area contributed by atoms with Crippen molar-refractivity contribution in [2.45, 2.75) is 144 Å². The molecule has 4 heterocycles. The molecule has 31 nitrogen and oxygen atoms in total. The normalized spacial score (nSPS) is 30.1. The molecule has 16 atom stereocenters. The van der Waals surface area contributed by atoms with Gasteiger partial charge in [0.25, 0.3) is 5.91 Å². The van der Waals surface area contributed by atoms with E-state index in [-0.39, 0.29) is 40.5 Å². The minimum absolute atomic E-state index is 0.00719. The van der Waals surface area contributed by atoms with Crippen molar-refractivity contribution in [3.63, 3.8) is 0 Å². The highest BCUT2D eigenvalue weighted by Crippen LogP contribution is 2.53. The molecule has 0 radical (unpaired) electrons. The van der Waals surface area contributed by atoms with Gasteiger partial charge in [-0.05, 0) is 18.9 Å². The molecule has 84 heavy (non-hydrogen) atoms. The van der Waals surface area contributed by atoms with Crippen LogP contribution in [-0.4, -0.2) is 238 Å². The molecular weight excluding hydrogens is 1120 g/mol. The van der Waals surface area contributed by atoms with E-state index in [0.29, 0.717) is 13.2 Å². The number of amides is 5. The van der Waals surface area contributed by atoms with Gasteiger partial charge in [0.05, 0.1) is 62.2 Å². The van der Waals surface area contributed by atoms with Crippen molar-refractivity contribution in [1.29, 1.82) is 0 Å². The molecule has 2 aliphatic carbocycles. The van der Waals surface area contributed by atoms with Crippen molar-refractivity contribution in [2.24, 2.45) is 5.92 Å². The molecule has 4 saturated heterocycles. The van der Waals surface area contributed by atoms with E-state index in [0.717, 1.165) is 0 Å². The number of morpholine rings is 1. The number of carbonyl (C=O) groups excluding carboxylic acids is 7. The number of phenolic OH excluding ortho intramolecular Hbond substituents is 2. The van der Waals surface area contributed by atoms with Crippen LogP contribution in [0.15, 0.2) is 18.2 Å². The van der Waals surface area contributed by atoms with Gasteiger partial charge in [-0.15, -0.1) is 0 Å². The maximum atomic E-state index is 14.4. The van der Waals surface area contributed by atoms with Gasteiger partial charge >= 0.3 is 11.9 Å². The Hall–Kier alpha value is -7.01. The molecule has 1 unspecified atom stereocenters. The van der Waals surface area contributed by atoms with Gasteiger partial charge in [0.1, 0.15) is 59.3 Å². The van der Waals surface area contributed by atoms with Gasteiger partial charge in [-0.1, -0.05) is 26.0 Å². The second-order valence-corrected chi connectivity index (χ2v) is 21.2. The number of carboxylic acids is 2.